The van der Waals surface area contributed by atoms with Gasteiger partial charge in [-0.1, -0.05) is 28.4 Å². The van der Waals surface area contributed by atoms with Crippen molar-refractivity contribution in [2.45, 2.75) is 0 Å². The lowest BCUT2D eigenvalue weighted by molar-refractivity contribution is 0.0594. The van der Waals surface area contributed by atoms with E-state index in [1.54, 1.807) is 18.2 Å². The van der Waals surface area contributed by atoms with Crippen molar-refractivity contribution in [3.8, 4) is 5.69 Å². The van der Waals surface area contributed by atoms with Crippen LogP contribution in [0.4, 0.5) is 0 Å². The molecule has 0 bridgehead atoms. The van der Waals surface area contributed by atoms with Crippen molar-refractivity contribution in [1.82, 2.24) is 15.0 Å². The molecule has 1 aromatic heterocycles. The Hall–Kier alpha value is -1.59. The summed E-state index contributed by atoms with van der Waals surface area (Å²) in [5.41, 5.74) is 0.778. The van der Waals surface area contributed by atoms with Gasteiger partial charge in [0.2, 0.25) is 0 Å². The maximum atomic E-state index is 11.2. The van der Waals surface area contributed by atoms with E-state index in [0.29, 0.717) is 15.7 Å². The first-order valence-corrected chi connectivity index (χ1v) is 5.33. The van der Waals surface area contributed by atoms with E-state index in [9.17, 15) is 4.79 Å². The van der Waals surface area contributed by atoms with Gasteiger partial charge >= 0.3 is 5.97 Å². The number of hydrogen-bond donors (Lipinski definition) is 0. The first kappa shape index (κ1) is 11.9. The molecule has 17 heavy (non-hydrogen) atoms. The Balaban J connectivity index is 2.37. The van der Waals surface area contributed by atoms with Crippen LogP contribution in [0.3, 0.4) is 0 Å². The van der Waals surface area contributed by atoms with E-state index in [1.165, 1.54) is 18.0 Å². The summed E-state index contributed by atoms with van der Waals surface area (Å²) >= 11 is 11.7. The molecule has 0 atom stereocenters. The highest BCUT2D eigenvalue weighted by atomic mass is 35.5. The molecule has 2 rings (SSSR count). The lowest BCUT2D eigenvalue weighted by Gasteiger charge is -2.01. The summed E-state index contributed by atoms with van der Waals surface area (Å²) in [6.07, 6.45) is 1.45. The third kappa shape index (κ3) is 2.40. The topological polar surface area (TPSA) is 57.0 Å². The number of carbonyl (C=O) groups is 1. The van der Waals surface area contributed by atoms with Gasteiger partial charge in [-0.25, -0.2) is 9.48 Å². The average Bonchev–Trinajstić information content (AvgIpc) is 2.81. The molecule has 0 aliphatic rings. The van der Waals surface area contributed by atoms with E-state index in [2.05, 4.69) is 15.0 Å². The van der Waals surface area contributed by atoms with Gasteiger partial charge in [-0.3, -0.25) is 0 Å². The van der Waals surface area contributed by atoms with Gasteiger partial charge in [0.25, 0.3) is 0 Å². The van der Waals surface area contributed by atoms with Crippen molar-refractivity contribution in [1.29, 1.82) is 0 Å². The fourth-order valence-electron chi connectivity index (χ4n) is 1.22. The Labute approximate surface area is 107 Å². The largest absolute Gasteiger partial charge is 0.464 e. The third-order valence-corrected chi connectivity index (χ3v) is 2.79. The number of methoxy groups -OCH3 is 1. The summed E-state index contributed by atoms with van der Waals surface area (Å²) in [6.45, 7) is 0. The Morgan fingerprint density at radius 2 is 2.12 bits per heavy atom. The summed E-state index contributed by atoms with van der Waals surface area (Å²) in [4.78, 5) is 11.2. The zero-order chi connectivity index (χ0) is 12.4. The van der Waals surface area contributed by atoms with Gasteiger partial charge in [-0.15, -0.1) is 5.10 Å². The summed E-state index contributed by atoms with van der Waals surface area (Å²) < 4.78 is 5.94. The molecule has 0 radical (unpaired) electrons. The molecule has 0 aliphatic carbocycles. The van der Waals surface area contributed by atoms with Gasteiger partial charge < -0.3 is 4.74 Å². The molecule has 0 spiro atoms. The normalized spacial score (nSPS) is 10.3. The number of nitrogens with zero attached hydrogens (tertiary/aromatic N) is 3. The maximum absolute atomic E-state index is 11.2. The molecule has 2 aromatic rings. The molecule has 5 nitrogen and oxygen atoms in total. The second-order valence-corrected chi connectivity index (χ2v) is 3.95. The minimum absolute atomic E-state index is 0.124. The molecule has 7 heteroatoms. The van der Waals surface area contributed by atoms with Gasteiger partial charge in [0, 0.05) is 0 Å². The fourth-order valence-corrected chi connectivity index (χ4v) is 1.51. The Bertz CT molecular complexity index is 568. The summed E-state index contributed by atoms with van der Waals surface area (Å²) in [6, 6.07) is 4.97. The molecule has 0 aliphatic heterocycles. The van der Waals surface area contributed by atoms with Crippen LogP contribution in [0.15, 0.2) is 24.4 Å². The SMILES string of the molecule is COC(=O)c1cn(-c2ccc(Cl)c(Cl)c2)nn1. The zero-order valence-corrected chi connectivity index (χ0v) is 10.2. The first-order valence-electron chi connectivity index (χ1n) is 4.58. The second-order valence-electron chi connectivity index (χ2n) is 3.14. The van der Waals surface area contributed by atoms with Crippen LogP contribution in [-0.2, 0) is 4.74 Å². The van der Waals surface area contributed by atoms with Crippen LogP contribution >= 0.6 is 23.2 Å². The second kappa shape index (κ2) is 4.73. The molecule has 0 fully saturated rings. The highest BCUT2D eigenvalue weighted by molar-refractivity contribution is 6.42. The number of carbonyl (C=O) groups excluding carboxylic acids is 1. The fraction of sp³-hybridized carbons (Fsp3) is 0.100. The zero-order valence-electron chi connectivity index (χ0n) is 8.72. The molecule has 0 N–H and O–H groups in total. The van der Waals surface area contributed by atoms with Gasteiger partial charge in [0.05, 0.1) is 29.0 Å². The number of aromatic nitrogens is 3. The number of halogens is 2. The molecule has 0 unspecified atom stereocenters. The smallest absolute Gasteiger partial charge is 0.360 e. The number of rotatable bonds is 2. The number of esters is 1. The van der Waals surface area contributed by atoms with Crippen molar-refractivity contribution in [3.05, 3.63) is 40.1 Å². The molecule has 88 valence electrons. The lowest BCUT2D eigenvalue weighted by atomic mass is 10.3. The van der Waals surface area contributed by atoms with Gasteiger partial charge in [-0.05, 0) is 18.2 Å². The molecule has 0 saturated carbocycles. The summed E-state index contributed by atoms with van der Waals surface area (Å²) in [5, 5.41) is 8.32. The van der Waals surface area contributed by atoms with Crippen LogP contribution in [0.2, 0.25) is 10.0 Å². The van der Waals surface area contributed by atoms with E-state index in [4.69, 9.17) is 23.2 Å². The summed E-state index contributed by atoms with van der Waals surface area (Å²) in [5.74, 6) is -0.545. The van der Waals surface area contributed by atoms with Crippen molar-refractivity contribution in [2.75, 3.05) is 7.11 Å². The molecular weight excluding hydrogens is 265 g/mol. The van der Waals surface area contributed by atoms with Gasteiger partial charge in [0.1, 0.15) is 0 Å². The predicted molar refractivity (Wildman–Crippen MR) is 62.7 cm³/mol. The predicted octanol–water partition coefficient (Wildman–Crippen LogP) is 2.36. The Kier molecular flexibility index (Phi) is 3.31. The highest BCUT2D eigenvalue weighted by Gasteiger charge is 2.11. The van der Waals surface area contributed by atoms with Crippen molar-refractivity contribution >= 4 is 29.2 Å². The lowest BCUT2D eigenvalue weighted by Crippen LogP contribution is -2.01. The van der Waals surface area contributed by atoms with Crippen molar-refractivity contribution < 1.29 is 9.53 Å². The van der Waals surface area contributed by atoms with Crippen LogP contribution in [0.1, 0.15) is 10.5 Å². The Morgan fingerprint density at radius 1 is 1.35 bits per heavy atom. The van der Waals surface area contributed by atoms with Crippen LogP contribution in [0, 0.1) is 0 Å². The summed E-state index contributed by atoms with van der Waals surface area (Å²) in [7, 11) is 1.28. The molecule has 1 aromatic carbocycles. The van der Waals surface area contributed by atoms with E-state index in [0.717, 1.165) is 0 Å². The van der Waals surface area contributed by atoms with E-state index in [-0.39, 0.29) is 5.69 Å². The molecule has 0 amide bonds. The number of benzene rings is 1. The standard InChI is InChI=1S/C10H7Cl2N3O2/c1-17-10(16)9-5-15(14-13-9)6-2-3-7(11)8(12)4-6/h2-5H,1H3. The molecule has 1 heterocycles. The van der Waals surface area contributed by atoms with E-state index < -0.39 is 5.97 Å². The maximum Gasteiger partial charge on any atom is 0.360 e. The highest BCUT2D eigenvalue weighted by Crippen LogP contribution is 2.24. The Morgan fingerprint density at radius 3 is 2.76 bits per heavy atom. The van der Waals surface area contributed by atoms with Crippen molar-refractivity contribution in [2.24, 2.45) is 0 Å². The van der Waals surface area contributed by atoms with Crippen LogP contribution in [-0.4, -0.2) is 28.1 Å². The van der Waals surface area contributed by atoms with Crippen LogP contribution in [0.25, 0.3) is 5.69 Å². The minimum atomic E-state index is -0.545. The molecule has 0 saturated heterocycles. The third-order valence-electron chi connectivity index (χ3n) is 2.06. The van der Waals surface area contributed by atoms with E-state index >= 15 is 0 Å². The minimum Gasteiger partial charge on any atom is -0.464 e. The van der Waals surface area contributed by atoms with Gasteiger partial charge in [-0.2, -0.15) is 0 Å². The van der Waals surface area contributed by atoms with Gasteiger partial charge in [0.15, 0.2) is 5.69 Å². The monoisotopic (exact) mass is 271 g/mol. The first-order chi connectivity index (χ1) is 8.11. The quantitative estimate of drug-likeness (QED) is 0.787. The number of ether oxygens (including phenoxy) is 1. The van der Waals surface area contributed by atoms with Crippen molar-refractivity contribution in [3.63, 3.8) is 0 Å². The van der Waals surface area contributed by atoms with Crippen LogP contribution < -0.4 is 0 Å². The van der Waals surface area contributed by atoms with Crippen LogP contribution in [0.5, 0.6) is 0 Å². The number of hydrogen-bond acceptors (Lipinski definition) is 4. The van der Waals surface area contributed by atoms with E-state index in [1.807, 2.05) is 0 Å². The average molecular weight is 272 g/mol. The molecular formula is C10H7Cl2N3O2.